The van der Waals surface area contributed by atoms with Gasteiger partial charge in [0.05, 0.1) is 12.1 Å². The molecule has 1 aromatic carbocycles. The van der Waals surface area contributed by atoms with E-state index >= 15 is 0 Å². The number of ether oxygens (including phenoxy) is 2. The van der Waals surface area contributed by atoms with Crippen LogP contribution >= 0.6 is 0 Å². The molecule has 0 aliphatic carbocycles. The van der Waals surface area contributed by atoms with E-state index in [0.29, 0.717) is 0 Å². The minimum absolute atomic E-state index is 0.00145. The van der Waals surface area contributed by atoms with Gasteiger partial charge >= 0.3 is 12.3 Å². The number of aliphatic hydroxyl groups is 1. The number of carbonyl (C=O) groups is 1. The lowest BCUT2D eigenvalue weighted by atomic mass is 10.0. The molecule has 140 valence electrons. The van der Waals surface area contributed by atoms with Crippen LogP contribution in [0.25, 0.3) is 0 Å². The van der Waals surface area contributed by atoms with E-state index in [2.05, 4.69) is 0 Å². The Morgan fingerprint density at radius 3 is 2.52 bits per heavy atom. The van der Waals surface area contributed by atoms with Gasteiger partial charge in [0.25, 0.3) is 0 Å². The summed E-state index contributed by atoms with van der Waals surface area (Å²) < 4.78 is 49.0. The van der Waals surface area contributed by atoms with Gasteiger partial charge in [0.15, 0.2) is 0 Å². The van der Waals surface area contributed by atoms with Crippen molar-refractivity contribution in [3.63, 3.8) is 0 Å². The summed E-state index contributed by atoms with van der Waals surface area (Å²) >= 11 is 0. The summed E-state index contributed by atoms with van der Waals surface area (Å²) in [7, 11) is 0. The molecule has 1 amide bonds. The summed E-state index contributed by atoms with van der Waals surface area (Å²) in [6.07, 6.45) is -6.42. The molecule has 1 N–H and O–H groups in total. The quantitative estimate of drug-likeness (QED) is 0.877. The first-order valence-electron chi connectivity index (χ1n) is 7.95. The van der Waals surface area contributed by atoms with Crippen molar-refractivity contribution in [2.45, 2.75) is 51.2 Å². The highest BCUT2D eigenvalue weighted by Gasteiger charge is 2.34. The second kappa shape index (κ2) is 7.11. The van der Waals surface area contributed by atoms with E-state index in [1.807, 2.05) is 0 Å². The van der Waals surface area contributed by atoms with Gasteiger partial charge in [-0.25, -0.2) is 4.79 Å². The van der Waals surface area contributed by atoms with Gasteiger partial charge in [-0.1, -0.05) is 6.07 Å². The topological polar surface area (TPSA) is 59.0 Å². The summed E-state index contributed by atoms with van der Waals surface area (Å²) in [5.41, 5.74) is -1.46. The number of hydrogen-bond acceptors (Lipinski definition) is 4. The fourth-order valence-corrected chi connectivity index (χ4v) is 2.46. The number of amides is 1. The van der Waals surface area contributed by atoms with Crippen LogP contribution in [0, 0.1) is 0 Å². The average Bonchev–Trinajstić information content (AvgIpc) is 2.47. The maximum atomic E-state index is 12.7. The van der Waals surface area contributed by atoms with Crippen LogP contribution in [-0.2, 0) is 10.9 Å². The SMILES string of the molecule is CC(C)(C)OC(=O)N1CC[C@H](Oc2cccc(C(F)(F)F)c2)[C@@H](O)C1. The molecule has 1 saturated heterocycles. The normalized spacial score (nSPS) is 21.8. The van der Waals surface area contributed by atoms with Crippen molar-refractivity contribution >= 4 is 6.09 Å². The van der Waals surface area contributed by atoms with E-state index in [1.165, 1.54) is 17.0 Å². The molecule has 2 rings (SSSR count). The van der Waals surface area contributed by atoms with Crippen molar-refractivity contribution in [3.05, 3.63) is 29.8 Å². The Balaban J connectivity index is 1.97. The Kier molecular flexibility index (Phi) is 5.51. The molecule has 1 aromatic rings. The first-order valence-corrected chi connectivity index (χ1v) is 7.95. The monoisotopic (exact) mass is 361 g/mol. The van der Waals surface area contributed by atoms with Crippen LogP contribution in [0.1, 0.15) is 32.8 Å². The molecule has 1 fully saturated rings. The van der Waals surface area contributed by atoms with Crippen molar-refractivity contribution < 1.29 is 32.5 Å². The molecule has 8 heteroatoms. The van der Waals surface area contributed by atoms with Crippen LogP contribution in [0.3, 0.4) is 0 Å². The number of piperidine rings is 1. The predicted molar refractivity (Wildman–Crippen MR) is 84.3 cm³/mol. The van der Waals surface area contributed by atoms with Crippen molar-refractivity contribution in [2.75, 3.05) is 13.1 Å². The predicted octanol–water partition coefficient (Wildman–Crippen LogP) is 3.45. The maximum absolute atomic E-state index is 12.7. The van der Waals surface area contributed by atoms with Crippen LogP contribution in [-0.4, -0.2) is 47.0 Å². The van der Waals surface area contributed by atoms with Gasteiger partial charge in [-0.15, -0.1) is 0 Å². The third-order valence-electron chi connectivity index (χ3n) is 3.62. The van der Waals surface area contributed by atoms with Crippen molar-refractivity contribution in [1.82, 2.24) is 4.90 Å². The first kappa shape index (κ1) is 19.4. The second-order valence-electron chi connectivity index (χ2n) is 6.96. The highest BCUT2D eigenvalue weighted by molar-refractivity contribution is 5.68. The number of aliphatic hydroxyl groups excluding tert-OH is 1. The molecule has 0 unspecified atom stereocenters. The zero-order valence-corrected chi connectivity index (χ0v) is 14.3. The second-order valence-corrected chi connectivity index (χ2v) is 6.96. The molecule has 25 heavy (non-hydrogen) atoms. The lowest BCUT2D eigenvalue weighted by Gasteiger charge is -2.36. The standard InChI is InChI=1S/C17H22F3NO4/c1-16(2,3)25-15(23)21-8-7-14(13(22)10-21)24-12-6-4-5-11(9-12)17(18,19)20/h4-6,9,13-14,22H,7-8,10H2,1-3H3/t13-,14-/m0/s1. The highest BCUT2D eigenvalue weighted by Crippen LogP contribution is 2.32. The fraction of sp³-hybridized carbons (Fsp3) is 0.588. The van der Waals surface area contributed by atoms with Gasteiger partial charge < -0.3 is 19.5 Å². The number of β-amino-alcohol motifs (C(OH)–C–C–N with tert-alkyl or cyclic N) is 1. The number of halogens is 3. The van der Waals surface area contributed by atoms with Gasteiger partial charge in [0.1, 0.15) is 23.6 Å². The van der Waals surface area contributed by atoms with Crippen LogP contribution in [0.4, 0.5) is 18.0 Å². The van der Waals surface area contributed by atoms with Crippen molar-refractivity contribution in [1.29, 1.82) is 0 Å². The number of benzene rings is 1. The Morgan fingerprint density at radius 1 is 1.28 bits per heavy atom. The van der Waals surface area contributed by atoms with Crippen molar-refractivity contribution in [3.8, 4) is 5.75 Å². The minimum Gasteiger partial charge on any atom is -0.488 e. The van der Waals surface area contributed by atoms with Gasteiger partial charge in [0, 0.05) is 13.0 Å². The third-order valence-corrected chi connectivity index (χ3v) is 3.62. The van der Waals surface area contributed by atoms with E-state index in [4.69, 9.17) is 9.47 Å². The maximum Gasteiger partial charge on any atom is 0.416 e. The van der Waals surface area contributed by atoms with E-state index in [-0.39, 0.29) is 25.3 Å². The summed E-state index contributed by atoms with van der Waals surface area (Å²) in [5.74, 6) is 0.0320. The molecule has 0 bridgehead atoms. The van der Waals surface area contributed by atoms with Crippen LogP contribution in [0.2, 0.25) is 0 Å². The highest BCUT2D eigenvalue weighted by atomic mass is 19.4. The zero-order valence-electron chi connectivity index (χ0n) is 14.3. The van der Waals surface area contributed by atoms with E-state index < -0.39 is 35.6 Å². The van der Waals surface area contributed by atoms with Crippen molar-refractivity contribution in [2.24, 2.45) is 0 Å². The Hall–Kier alpha value is -1.96. The Morgan fingerprint density at radius 2 is 1.96 bits per heavy atom. The molecule has 1 heterocycles. The van der Waals surface area contributed by atoms with Gasteiger partial charge in [0.2, 0.25) is 0 Å². The van der Waals surface area contributed by atoms with E-state index in [9.17, 15) is 23.1 Å². The number of nitrogens with zero attached hydrogens (tertiary/aromatic N) is 1. The largest absolute Gasteiger partial charge is 0.488 e. The Bertz CT molecular complexity index is 613. The third kappa shape index (κ3) is 5.52. The van der Waals surface area contributed by atoms with E-state index in [1.54, 1.807) is 20.8 Å². The van der Waals surface area contributed by atoms with Crippen LogP contribution in [0.15, 0.2) is 24.3 Å². The van der Waals surface area contributed by atoms with E-state index in [0.717, 1.165) is 12.1 Å². The lowest BCUT2D eigenvalue weighted by molar-refractivity contribution is -0.137. The average molecular weight is 361 g/mol. The molecule has 1 aliphatic heterocycles. The molecule has 0 spiro atoms. The molecule has 0 aromatic heterocycles. The number of alkyl halides is 3. The summed E-state index contributed by atoms with van der Waals surface area (Å²) in [5, 5.41) is 10.2. The minimum atomic E-state index is -4.46. The molecule has 2 atom stereocenters. The van der Waals surface area contributed by atoms with Crippen LogP contribution in [0.5, 0.6) is 5.75 Å². The number of likely N-dealkylation sites (tertiary alicyclic amines) is 1. The number of rotatable bonds is 2. The summed E-state index contributed by atoms with van der Waals surface area (Å²) in [6, 6.07) is 4.50. The molecule has 1 aliphatic rings. The molecular weight excluding hydrogens is 339 g/mol. The smallest absolute Gasteiger partial charge is 0.416 e. The number of carbonyl (C=O) groups excluding carboxylic acids is 1. The summed E-state index contributed by atoms with van der Waals surface area (Å²) in [4.78, 5) is 13.4. The van der Waals surface area contributed by atoms with Crippen LogP contribution < -0.4 is 4.74 Å². The van der Waals surface area contributed by atoms with Gasteiger partial charge in [-0.05, 0) is 39.0 Å². The molecule has 0 saturated carbocycles. The van der Waals surface area contributed by atoms with Gasteiger partial charge in [-0.2, -0.15) is 13.2 Å². The fourth-order valence-electron chi connectivity index (χ4n) is 2.46. The Labute approximate surface area is 144 Å². The molecular formula is C17H22F3NO4. The summed E-state index contributed by atoms with van der Waals surface area (Å²) in [6.45, 7) is 5.51. The van der Waals surface area contributed by atoms with Gasteiger partial charge in [-0.3, -0.25) is 0 Å². The molecule has 5 nitrogen and oxygen atoms in total. The first-order chi connectivity index (χ1) is 11.5. The lowest BCUT2D eigenvalue weighted by Crippen LogP contribution is -2.52. The zero-order chi connectivity index (χ0) is 18.8. The molecule has 0 radical (unpaired) electrons. The number of hydrogen-bond donors (Lipinski definition) is 1.